The van der Waals surface area contributed by atoms with Crippen LogP contribution in [0, 0.1) is 12.3 Å². The minimum atomic E-state index is -2.11. The highest BCUT2D eigenvalue weighted by Crippen LogP contribution is 2.41. The summed E-state index contributed by atoms with van der Waals surface area (Å²) in [5, 5.41) is 12.5. The smallest absolute Gasteiger partial charge is 0.280 e. The zero-order chi connectivity index (χ0) is 23.1. The number of nitrogens with one attached hydrogen (secondary N) is 2. The van der Waals surface area contributed by atoms with Crippen molar-refractivity contribution < 1.29 is 19.1 Å². The van der Waals surface area contributed by atoms with Gasteiger partial charge in [0.25, 0.3) is 5.56 Å². The molecule has 0 unspecified atom stereocenters. The molecule has 1 aliphatic heterocycles. The molecule has 1 amide bonds. The molecule has 0 aromatic carbocycles. The summed E-state index contributed by atoms with van der Waals surface area (Å²) in [5.41, 5.74) is -0.0591. The first-order valence-electron chi connectivity index (χ1n) is 10.4. The molecule has 0 bridgehead atoms. The van der Waals surface area contributed by atoms with Crippen LogP contribution in [0.3, 0.4) is 0 Å². The van der Waals surface area contributed by atoms with Crippen LogP contribution in [-0.2, 0) is 14.0 Å². The maximum absolute atomic E-state index is 12.4. The highest BCUT2D eigenvalue weighted by Gasteiger charge is 2.45. The summed E-state index contributed by atoms with van der Waals surface area (Å²) in [6.45, 7) is 14.0. The summed E-state index contributed by atoms with van der Waals surface area (Å²) in [6, 6.07) is 0. The van der Waals surface area contributed by atoms with Crippen LogP contribution in [0.5, 0.6) is 0 Å². The van der Waals surface area contributed by atoms with Crippen molar-refractivity contribution in [1.82, 2.24) is 19.5 Å². The van der Waals surface area contributed by atoms with Crippen LogP contribution >= 0.6 is 0 Å². The number of aromatic amines is 1. The molecule has 3 N–H and O–H groups in total. The van der Waals surface area contributed by atoms with Gasteiger partial charge in [-0.25, -0.2) is 4.98 Å². The van der Waals surface area contributed by atoms with E-state index in [1.165, 1.54) is 6.33 Å². The van der Waals surface area contributed by atoms with Crippen molar-refractivity contribution in [1.29, 1.82) is 0 Å². The maximum Gasteiger partial charge on any atom is 0.280 e. The van der Waals surface area contributed by atoms with Crippen molar-refractivity contribution in [3.8, 4) is 0 Å². The van der Waals surface area contributed by atoms with Gasteiger partial charge in [0.2, 0.25) is 11.9 Å². The number of imidazole rings is 1. The van der Waals surface area contributed by atoms with Gasteiger partial charge in [-0.05, 0) is 18.1 Å². The zero-order valence-electron chi connectivity index (χ0n) is 19.1. The van der Waals surface area contributed by atoms with Gasteiger partial charge in [0.15, 0.2) is 19.5 Å². The molecule has 3 heterocycles. The second-order valence-corrected chi connectivity index (χ2v) is 14.4. The van der Waals surface area contributed by atoms with Crippen LogP contribution in [-0.4, -0.2) is 57.7 Å². The topological polar surface area (TPSA) is 131 Å². The zero-order valence-corrected chi connectivity index (χ0v) is 20.1. The van der Waals surface area contributed by atoms with Gasteiger partial charge in [0.05, 0.1) is 19.0 Å². The Bertz CT molecular complexity index is 1010. The van der Waals surface area contributed by atoms with Crippen LogP contribution in [0.2, 0.25) is 18.1 Å². The SMILES string of the molecule is CC(C)C(=O)Nc1nc2c(ncn2[C@H]2[CH][C@@H](O[Si](C)(C)C(C)(C)C)[C@@H](CO)O2)c(=O)[nH]1. The lowest BCUT2D eigenvalue weighted by atomic mass is 10.2. The summed E-state index contributed by atoms with van der Waals surface area (Å²) >= 11 is 0. The second kappa shape index (κ2) is 8.45. The minimum absolute atomic E-state index is 0.000985. The summed E-state index contributed by atoms with van der Waals surface area (Å²) in [5.74, 6) is -0.486. The third-order valence-corrected chi connectivity index (χ3v) is 10.4. The van der Waals surface area contributed by atoms with E-state index >= 15 is 0 Å². The number of aliphatic hydroxyl groups excluding tert-OH is 1. The number of anilines is 1. The summed E-state index contributed by atoms with van der Waals surface area (Å²) in [6.07, 6.45) is 1.75. The molecule has 31 heavy (non-hydrogen) atoms. The van der Waals surface area contributed by atoms with Crippen molar-refractivity contribution in [3.05, 3.63) is 23.1 Å². The number of carbonyl (C=O) groups excluding carboxylic acids is 1. The lowest BCUT2D eigenvalue weighted by Gasteiger charge is -2.39. The Morgan fingerprint density at radius 3 is 2.68 bits per heavy atom. The van der Waals surface area contributed by atoms with Crippen molar-refractivity contribution in [2.75, 3.05) is 11.9 Å². The molecular formula is C20H32N5O5Si. The van der Waals surface area contributed by atoms with E-state index in [-0.39, 0.29) is 40.6 Å². The predicted molar refractivity (Wildman–Crippen MR) is 119 cm³/mol. The normalized spacial score (nSPS) is 22.4. The van der Waals surface area contributed by atoms with Crippen LogP contribution < -0.4 is 10.9 Å². The van der Waals surface area contributed by atoms with Gasteiger partial charge < -0.3 is 14.3 Å². The van der Waals surface area contributed by atoms with Crippen molar-refractivity contribution in [2.24, 2.45) is 5.92 Å². The number of nitrogens with zero attached hydrogens (tertiary/aromatic N) is 3. The molecule has 2 aromatic rings. The van der Waals surface area contributed by atoms with E-state index in [1.807, 2.05) is 6.42 Å². The predicted octanol–water partition coefficient (Wildman–Crippen LogP) is 2.20. The first-order chi connectivity index (χ1) is 14.3. The Morgan fingerprint density at radius 1 is 1.42 bits per heavy atom. The fourth-order valence-corrected chi connectivity index (χ4v) is 4.22. The van der Waals surface area contributed by atoms with Crippen LogP contribution in [0.15, 0.2) is 11.1 Å². The molecule has 2 aromatic heterocycles. The van der Waals surface area contributed by atoms with Crippen molar-refractivity contribution in [2.45, 2.75) is 71.2 Å². The highest BCUT2D eigenvalue weighted by molar-refractivity contribution is 6.74. The monoisotopic (exact) mass is 450 g/mol. The van der Waals surface area contributed by atoms with E-state index in [9.17, 15) is 14.7 Å². The lowest BCUT2D eigenvalue weighted by Crippen LogP contribution is -2.46. The van der Waals surface area contributed by atoms with E-state index in [2.05, 4.69) is 54.1 Å². The number of hydrogen-bond donors (Lipinski definition) is 3. The molecule has 3 atom stereocenters. The Kier molecular flexibility index (Phi) is 6.43. The number of carbonyl (C=O) groups is 1. The third kappa shape index (κ3) is 4.74. The van der Waals surface area contributed by atoms with Crippen LogP contribution in [0.1, 0.15) is 40.8 Å². The Labute approximate surface area is 182 Å². The summed E-state index contributed by atoms with van der Waals surface area (Å²) < 4.78 is 14.1. The molecule has 1 radical (unpaired) electrons. The molecule has 3 rings (SSSR count). The van der Waals surface area contributed by atoms with E-state index in [0.717, 1.165) is 0 Å². The number of aliphatic hydroxyl groups is 1. The molecular weight excluding hydrogens is 418 g/mol. The van der Waals surface area contributed by atoms with Gasteiger partial charge in [-0.2, -0.15) is 4.98 Å². The number of fused-ring (bicyclic) bond motifs is 1. The van der Waals surface area contributed by atoms with Gasteiger partial charge in [-0.1, -0.05) is 34.6 Å². The minimum Gasteiger partial charge on any atom is -0.411 e. The molecule has 1 aliphatic rings. The fraction of sp³-hybridized carbons (Fsp3) is 0.650. The first-order valence-corrected chi connectivity index (χ1v) is 13.3. The third-order valence-electron chi connectivity index (χ3n) is 5.92. The van der Waals surface area contributed by atoms with Gasteiger partial charge in [0, 0.05) is 12.3 Å². The van der Waals surface area contributed by atoms with Gasteiger partial charge >= 0.3 is 0 Å². The van der Waals surface area contributed by atoms with Gasteiger partial charge in [-0.15, -0.1) is 0 Å². The van der Waals surface area contributed by atoms with Crippen LogP contribution in [0.25, 0.3) is 11.2 Å². The number of aromatic nitrogens is 4. The first kappa shape index (κ1) is 23.6. The summed E-state index contributed by atoms with van der Waals surface area (Å²) in [4.78, 5) is 35.5. The second-order valence-electron chi connectivity index (χ2n) is 9.67. The molecule has 11 heteroatoms. The van der Waals surface area contributed by atoms with Crippen molar-refractivity contribution >= 4 is 31.3 Å². The molecule has 1 saturated heterocycles. The Hall–Kier alpha value is -2.08. The molecule has 0 saturated carbocycles. The number of H-pyrrole nitrogens is 1. The number of ether oxygens (including phenoxy) is 1. The fourth-order valence-electron chi connectivity index (χ4n) is 2.96. The molecule has 171 valence electrons. The number of rotatable bonds is 6. The Morgan fingerprint density at radius 2 is 2.10 bits per heavy atom. The number of amides is 1. The Balaban J connectivity index is 1.90. The highest BCUT2D eigenvalue weighted by atomic mass is 28.4. The molecule has 0 aliphatic carbocycles. The van der Waals surface area contributed by atoms with E-state index in [1.54, 1.807) is 18.4 Å². The lowest BCUT2D eigenvalue weighted by molar-refractivity contribution is -0.118. The quantitative estimate of drug-likeness (QED) is 0.575. The van der Waals surface area contributed by atoms with Crippen molar-refractivity contribution in [3.63, 3.8) is 0 Å². The maximum atomic E-state index is 12.4. The standard InChI is InChI=1S/C20H32N5O5Si/c1-11(2)17(27)23-19-22-16-15(18(28)24-19)21-10-25(16)14-8-12(13(9-26)29-14)30-31(6,7)20(3,4)5/h8,10-14,26H,9H2,1-7H3,(H2,22,23,24,27,28)/t12-,13-,14-/m1/s1. The van der Waals surface area contributed by atoms with E-state index in [4.69, 9.17) is 9.16 Å². The average molecular weight is 451 g/mol. The van der Waals surface area contributed by atoms with E-state index < -0.39 is 32.3 Å². The molecule has 1 fully saturated rings. The number of hydrogen-bond acceptors (Lipinski definition) is 7. The largest absolute Gasteiger partial charge is 0.411 e. The van der Waals surface area contributed by atoms with Gasteiger partial charge in [-0.3, -0.25) is 24.5 Å². The summed E-state index contributed by atoms with van der Waals surface area (Å²) in [7, 11) is -2.11. The van der Waals surface area contributed by atoms with Crippen LogP contribution in [0.4, 0.5) is 5.95 Å². The molecule has 10 nitrogen and oxygen atoms in total. The van der Waals surface area contributed by atoms with E-state index in [0.29, 0.717) is 0 Å². The van der Waals surface area contributed by atoms with Gasteiger partial charge in [0.1, 0.15) is 12.3 Å². The average Bonchev–Trinajstić information content (AvgIpc) is 3.24. The molecule has 0 spiro atoms.